The molecule has 0 aliphatic rings. The van der Waals surface area contributed by atoms with Crippen molar-refractivity contribution in [3.8, 4) is 0 Å². The Balaban J connectivity index is 3.81. The molecule has 4 heteroatoms. The summed E-state index contributed by atoms with van der Waals surface area (Å²) in [7, 11) is -3.37. The molecule has 3 nitrogen and oxygen atoms in total. The number of unbranched alkanes of at least 4 members (excludes halogenated alkanes) is 10. The molecule has 0 heterocycles. The normalized spacial score (nSPS) is 13.3. The van der Waals surface area contributed by atoms with E-state index in [9.17, 15) is 8.42 Å². The molecule has 0 aromatic carbocycles. The van der Waals surface area contributed by atoms with Crippen molar-refractivity contribution in [3.63, 3.8) is 0 Å². The fourth-order valence-corrected chi connectivity index (χ4v) is 4.55. The highest BCUT2D eigenvalue weighted by molar-refractivity contribution is 7.87. The number of hydrogen-bond acceptors (Lipinski definition) is 3. The van der Waals surface area contributed by atoms with Gasteiger partial charge in [-0.15, -0.1) is 0 Å². The lowest BCUT2D eigenvalue weighted by Crippen LogP contribution is -2.24. The number of rotatable bonds is 18. The minimum Gasteiger partial charge on any atom is -0.270 e. The smallest absolute Gasteiger partial charge is 0.270 e. The lowest BCUT2D eigenvalue weighted by Gasteiger charge is -2.16. The van der Waals surface area contributed by atoms with Crippen LogP contribution < -0.4 is 0 Å². The van der Waals surface area contributed by atoms with Crippen molar-refractivity contribution in [1.29, 1.82) is 0 Å². The quantitative estimate of drug-likeness (QED) is 0.203. The van der Waals surface area contributed by atoms with Crippen LogP contribution in [0.1, 0.15) is 117 Å². The molecule has 0 rings (SSSR count). The third-order valence-electron chi connectivity index (χ3n) is 4.64. The predicted molar refractivity (Wildman–Crippen MR) is 105 cm³/mol. The van der Waals surface area contributed by atoms with Crippen molar-refractivity contribution in [1.82, 2.24) is 0 Å². The van der Waals surface area contributed by atoms with Crippen LogP contribution in [0.4, 0.5) is 0 Å². The molecule has 0 N–H and O–H groups in total. The zero-order valence-corrected chi connectivity index (χ0v) is 17.3. The van der Waals surface area contributed by atoms with Gasteiger partial charge in [0.15, 0.2) is 0 Å². The van der Waals surface area contributed by atoms with Gasteiger partial charge in [-0.25, -0.2) is 0 Å². The van der Waals surface area contributed by atoms with E-state index in [1.165, 1.54) is 51.4 Å². The molecule has 0 spiro atoms. The Hall–Kier alpha value is -0.0900. The fraction of sp³-hybridized carbons (Fsp3) is 1.00. The van der Waals surface area contributed by atoms with Crippen LogP contribution in [0.2, 0.25) is 0 Å². The van der Waals surface area contributed by atoms with Crippen LogP contribution in [0.3, 0.4) is 0 Å². The average molecular weight is 363 g/mol. The van der Waals surface area contributed by atoms with Crippen molar-refractivity contribution >= 4 is 10.1 Å². The summed E-state index contributed by atoms with van der Waals surface area (Å²) >= 11 is 0. The van der Waals surface area contributed by atoms with E-state index in [0.717, 1.165) is 44.9 Å². The highest BCUT2D eigenvalue weighted by Gasteiger charge is 2.24. The summed E-state index contributed by atoms with van der Waals surface area (Å²) < 4.78 is 29.7. The monoisotopic (exact) mass is 362 g/mol. The highest BCUT2D eigenvalue weighted by atomic mass is 32.2. The predicted octanol–water partition coefficient (Wildman–Crippen LogP) is 6.61. The zero-order chi connectivity index (χ0) is 18.1. The van der Waals surface area contributed by atoms with Crippen LogP contribution in [0.25, 0.3) is 0 Å². The molecule has 0 amide bonds. The Morgan fingerprint density at radius 3 is 1.62 bits per heavy atom. The van der Waals surface area contributed by atoms with Crippen LogP contribution in [-0.2, 0) is 14.3 Å². The van der Waals surface area contributed by atoms with Gasteiger partial charge in [0.2, 0.25) is 0 Å². The van der Waals surface area contributed by atoms with Crippen molar-refractivity contribution < 1.29 is 12.6 Å². The topological polar surface area (TPSA) is 43.4 Å². The first-order chi connectivity index (χ1) is 11.6. The maximum atomic E-state index is 12.3. The Kier molecular flexibility index (Phi) is 16.3. The Labute approximate surface area is 152 Å². The first-order valence-electron chi connectivity index (χ1n) is 10.5. The largest absolute Gasteiger partial charge is 0.270 e. The van der Waals surface area contributed by atoms with E-state index in [0.29, 0.717) is 6.61 Å². The molecule has 0 radical (unpaired) electrons. The van der Waals surface area contributed by atoms with Gasteiger partial charge in [0.1, 0.15) is 0 Å². The van der Waals surface area contributed by atoms with Crippen molar-refractivity contribution in [2.24, 2.45) is 0 Å². The van der Waals surface area contributed by atoms with Gasteiger partial charge < -0.3 is 0 Å². The van der Waals surface area contributed by atoms with Crippen LogP contribution in [0.5, 0.6) is 0 Å². The molecule has 24 heavy (non-hydrogen) atoms. The molecule has 0 bridgehead atoms. The van der Waals surface area contributed by atoms with E-state index in [1.54, 1.807) is 0 Å². The van der Waals surface area contributed by atoms with E-state index in [1.807, 2.05) is 13.8 Å². The lowest BCUT2D eigenvalue weighted by molar-refractivity contribution is 0.301. The summed E-state index contributed by atoms with van der Waals surface area (Å²) in [5.74, 6) is 0. The maximum Gasteiger partial charge on any atom is 0.270 e. The molecule has 0 aliphatic carbocycles. The highest BCUT2D eigenvalue weighted by Crippen LogP contribution is 2.19. The van der Waals surface area contributed by atoms with Gasteiger partial charge in [-0.05, 0) is 19.3 Å². The second kappa shape index (κ2) is 16.4. The van der Waals surface area contributed by atoms with Gasteiger partial charge in [0, 0.05) is 0 Å². The number of hydrogen-bond donors (Lipinski definition) is 0. The van der Waals surface area contributed by atoms with Gasteiger partial charge in [-0.2, -0.15) is 8.42 Å². The second-order valence-corrected chi connectivity index (χ2v) is 8.94. The van der Waals surface area contributed by atoms with E-state index in [2.05, 4.69) is 6.92 Å². The van der Waals surface area contributed by atoms with E-state index in [4.69, 9.17) is 4.18 Å². The van der Waals surface area contributed by atoms with E-state index >= 15 is 0 Å². The molecule has 0 aromatic rings. The van der Waals surface area contributed by atoms with Gasteiger partial charge in [-0.3, -0.25) is 4.18 Å². The van der Waals surface area contributed by atoms with Gasteiger partial charge >= 0.3 is 0 Å². The summed E-state index contributed by atoms with van der Waals surface area (Å²) in [4.78, 5) is 0. The summed E-state index contributed by atoms with van der Waals surface area (Å²) in [5.41, 5.74) is 0. The molecule has 0 saturated heterocycles. The summed E-state index contributed by atoms with van der Waals surface area (Å²) in [6, 6.07) is 0. The van der Waals surface area contributed by atoms with Gasteiger partial charge in [0.05, 0.1) is 11.9 Å². The lowest BCUT2D eigenvalue weighted by atomic mass is 10.0. The summed E-state index contributed by atoms with van der Waals surface area (Å²) in [5, 5.41) is -0.298. The Bertz CT molecular complexity index is 352. The van der Waals surface area contributed by atoms with Crippen molar-refractivity contribution in [2.45, 2.75) is 122 Å². The zero-order valence-electron chi connectivity index (χ0n) is 16.5. The third kappa shape index (κ3) is 13.2. The molecule has 1 unspecified atom stereocenters. The average Bonchev–Trinajstić information content (AvgIpc) is 2.55. The Morgan fingerprint density at radius 1 is 0.625 bits per heavy atom. The molecule has 0 fully saturated rings. The molecular formula is C20H42O3S. The van der Waals surface area contributed by atoms with Crippen LogP contribution in [-0.4, -0.2) is 20.3 Å². The third-order valence-corrected chi connectivity index (χ3v) is 6.43. The van der Waals surface area contributed by atoms with E-state index < -0.39 is 10.1 Å². The second-order valence-electron chi connectivity index (χ2n) is 7.05. The fourth-order valence-electron chi connectivity index (χ4n) is 3.03. The first-order valence-corrected chi connectivity index (χ1v) is 11.9. The minimum atomic E-state index is -3.37. The molecule has 0 aromatic heterocycles. The van der Waals surface area contributed by atoms with Crippen molar-refractivity contribution in [2.75, 3.05) is 6.61 Å². The molecule has 0 saturated carbocycles. The summed E-state index contributed by atoms with van der Waals surface area (Å²) in [6.45, 7) is 6.69. The summed E-state index contributed by atoms with van der Waals surface area (Å²) in [6.07, 6.45) is 17.0. The van der Waals surface area contributed by atoms with Crippen LogP contribution in [0.15, 0.2) is 0 Å². The SMILES string of the molecule is CCCCCCCCCCCCC(CCC)S(=O)(=O)OCCCC. The first kappa shape index (κ1) is 23.9. The molecule has 1 atom stereocenters. The Morgan fingerprint density at radius 2 is 1.12 bits per heavy atom. The van der Waals surface area contributed by atoms with E-state index in [-0.39, 0.29) is 5.25 Å². The van der Waals surface area contributed by atoms with Crippen LogP contribution >= 0.6 is 0 Å². The molecule has 146 valence electrons. The van der Waals surface area contributed by atoms with Gasteiger partial charge in [-0.1, -0.05) is 97.8 Å². The molecular weight excluding hydrogens is 320 g/mol. The van der Waals surface area contributed by atoms with Gasteiger partial charge in [0.25, 0.3) is 10.1 Å². The standard InChI is InChI=1S/C20H42O3S/c1-4-7-9-10-11-12-13-14-15-16-18-20(17-6-3)24(21,22)23-19-8-5-2/h20H,4-19H2,1-3H3. The minimum absolute atomic E-state index is 0.298. The maximum absolute atomic E-state index is 12.3. The van der Waals surface area contributed by atoms with Crippen LogP contribution in [0, 0.1) is 0 Å². The molecule has 0 aliphatic heterocycles. The van der Waals surface area contributed by atoms with Crippen molar-refractivity contribution in [3.05, 3.63) is 0 Å².